The molecule has 1 saturated carbocycles. The van der Waals surface area contributed by atoms with Gasteiger partial charge in [-0.15, -0.1) is 0 Å². The Hall–Kier alpha value is -0.0800. The van der Waals surface area contributed by atoms with Gasteiger partial charge >= 0.3 is 0 Å². The average molecular weight is 225 g/mol. The van der Waals surface area contributed by atoms with Crippen LogP contribution in [0.2, 0.25) is 0 Å². The number of rotatable bonds is 3. The van der Waals surface area contributed by atoms with Gasteiger partial charge in [-0.05, 0) is 44.7 Å². The Morgan fingerprint density at radius 3 is 2.31 bits per heavy atom. The Labute approximate surface area is 100 Å². The predicted octanol–water partition coefficient (Wildman–Crippen LogP) is 2.66. The Morgan fingerprint density at radius 1 is 1.12 bits per heavy atom. The van der Waals surface area contributed by atoms with Gasteiger partial charge in [-0.3, -0.25) is 0 Å². The topological polar surface area (TPSA) is 23.5 Å². The van der Waals surface area contributed by atoms with E-state index in [0.717, 1.165) is 12.5 Å². The summed E-state index contributed by atoms with van der Waals surface area (Å²) in [5.41, 5.74) is 0.249. The molecule has 94 valence electrons. The van der Waals surface area contributed by atoms with E-state index >= 15 is 0 Å². The molecular formula is C14H27NO. The lowest BCUT2D eigenvalue weighted by atomic mass is 9.74. The Morgan fingerprint density at radius 2 is 1.75 bits per heavy atom. The third-order valence-corrected chi connectivity index (χ3v) is 4.68. The first-order valence-electron chi connectivity index (χ1n) is 7.07. The minimum atomic E-state index is 0.249. The summed E-state index contributed by atoms with van der Waals surface area (Å²) in [6, 6.07) is 0. The fraction of sp³-hybridized carbons (Fsp3) is 1.00. The van der Waals surface area contributed by atoms with Crippen LogP contribution in [0.25, 0.3) is 0 Å². The van der Waals surface area contributed by atoms with E-state index in [4.69, 9.17) is 0 Å². The standard InChI is InChI=1S/C14H27NO/c1-13-5-9-15(10-6-13)11-14(12-16)7-3-2-4-8-14/h13,16H,2-12H2,1H3. The van der Waals surface area contributed by atoms with Crippen LogP contribution in [-0.4, -0.2) is 36.2 Å². The van der Waals surface area contributed by atoms with Crippen molar-refractivity contribution in [3.05, 3.63) is 0 Å². The van der Waals surface area contributed by atoms with E-state index in [1.165, 1.54) is 58.0 Å². The maximum absolute atomic E-state index is 9.70. The van der Waals surface area contributed by atoms with E-state index in [0.29, 0.717) is 6.61 Å². The van der Waals surface area contributed by atoms with E-state index < -0.39 is 0 Å². The molecule has 0 radical (unpaired) electrons. The van der Waals surface area contributed by atoms with Gasteiger partial charge in [0.25, 0.3) is 0 Å². The minimum Gasteiger partial charge on any atom is -0.396 e. The van der Waals surface area contributed by atoms with Gasteiger partial charge < -0.3 is 10.0 Å². The summed E-state index contributed by atoms with van der Waals surface area (Å²) in [5, 5.41) is 9.70. The highest BCUT2D eigenvalue weighted by Crippen LogP contribution is 2.37. The molecule has 2 rings (SSSR count). The van der Waals surface area contributed by atoms with Crippen LogP contribution in [0.3, 0.4) is 0 Å². The highest BCUT2D eigenvalue weighted by molar-refractivity contribution is 4.86. The highest BCUT2D eigenvalue weighted by atomic mass is 16.3. The molecule has 0 amide bonds. The molecular weight excluding hydrogens is 198 g/mol. The molecule has 1 aliphatic carbocycles. The summed E-state index contributed by atoms with van der Waals surface area (Å²) < 4.78 is 0. The van der Waals surface area contributed by atoms with Crippen LogP contribution in [-0.2, 0) is 0 Å². The Balaban J connectivity index is 1.86. The third kappa shape index (κ3) is 2.98. The van der Waals surface area contributed by atoms with Crippen LogP contribution in [0.4, 0.5) is 0 Å². The molecule has 2 heteroatoms. The van der Waals surface area contributed by atoms with Gasteiger partial charge in [0.2, 0.25) is 0 Å². The van der Waals surface area contributed by atoms with Gasteiger partial charge in [0.05, 0.1) is 0 Å². The molecule has 0 aromatic rings. The Bertz CT molecular complexity index is 203. The molecule has 1 heterocycles. The number of aliphatic hydroxyl groups is 1. The van der Waals surface area contributed by atoms with Crippen LogP contribution in [0.1, 0.15) is 51.9 Å². The van der Waals surface area contributed by atoms with Crippen molar-refractivity contribution in [2.75, 3.05) is 26.2 Å². The minimum absolute atomic E-state index is 0.249. The van der Waals surface area contributed by atoms with Gasteiger partial charge in [-0.1, -0.05) is 26.2 Å². The summed E-state index contributed by atoms with van der Waals surface area (Å²) in [6.07, 6.45) is 9.21. The second-order valence-corrected chi connectivity index (χ2v) is 6.18. The lowest BCUT2D eigenvalue weighted by Crippen LogP contribution is -2.44. The molecule has 0 bridgehead atoms. The molecule has 16 heavy (non-hydrogen) atoms. The molecule has 0 spiro atoms. The number of hydrogen-bond donors (Lipinski definition) is 1. The van der Waals surface area contributed by atoms with Crippen molar-refractivity contribution in [1.82, 2.24) is 4.90 Å². The van der Waals surface area contributed by atoms with Crippen molar-refractivity contribution in [3.63, 3.8) is 0 Å². The first kappa shape index (κ1) is 12.4. The lowest BCUT2D eigenvalue weighted by molar-refractivity contribution is 0.0296. The zero-order valence-electron chi connectivity index (χ0n) is 10.7. The molecule has 0 unspecified atom stereocenters. The molecule has 1 aliphatic heterocycles. The van der Waals surface area contributed by atoms with E-state index in [9.17, 15) is 5.11 Å². The maximum atomic E-state index is 9.70. The highest BCUT2D eigenvalue weighted by Gasteiger charge is 2.33. The smallest absolute Gasteiger partial charge is 0.0499 e. The first-order chi connectivity index (χ1) is 7.74. The summed E-state index contributed by atoms with van der Waals surface area (Å²) in [4.78, 5) is 2.60. The second kappa shape index (κ2) is 5.50. The normalized spacial score (nSPS) is 28.1. The van der Waals surface area contributed by atoms with E-state index in [1.807, 2.05) is 0 Å². The summed E-state index contributed by atoms with van der Waals surface area (Å²) in [5.74, 6) is 0.910. The van der Waals surface area contributed by atoms with Crippen molar-refractivity contribution in [2.24, 2.45) is 11.3 Å². The maximum Gasteiger partial charge on any atom is 0.0499 e. The first-order valence-corrected chi connectivity index (χ1v) is 7.07. The molecule has 1 saturated heterocycles. The number of nitrogens with zero attached hydrogens (tertiary/aromatic N) is 1. The number of likely N-dealkylation sites (tertiary alicyclic amines) is 1. The number of piperidine rings is 1. The van der Waals surface area contributed by atoms with Gasteiger partial charge in [-0.25, -0.2) is 0 Å². The van der Waals surface area contributed by atoms with Crippen molar-refractivity contribution < 1.29 is 5.11 Å². The van der Waals surface area contributed by atoms with Crippen LogP contribution >= 0.6 is 0 Å². The van der Waals surface area contributed by atoms with Crippen molar-refractivity contribution in [1.29, 1.82) is 0 Å². The molecule has 0 atom stereocenters. The van der Waals surface area contributed by atoms with Gasteiger partial charge in [-0.2, -0.15) is 0 Å². The van der Waals surface area contributed by atoms with Crippen LogP contribution in [0.15, 0.2) is 0 Å². The van der Waals surface area contributed by atoms with Crippen molar-refractivity contribution in [3.8, 4) is 0 Å². The molecule has 2 fully saturated rings. The Kier molecular flexibility index (Phi) is 4.26. The fourth-order valence-corrected chi connectivity index (χ4v) is 3.36. The van der Waals surface area contributed by atoms with E-state index in [-0.39, 0.29) is 5.41 Å². The van der Waals surface area contributed by atoms with Crippen LogP contribution in [0.5, 0.6) is 0 Å². The zero-order chi connectivity index (χ0) is 11.4. The number of aliphatic hydroxyl groups excluding tert-OH is 1. The quantitative estimate of drug-likeness (QED) is 0.798. The zero-order valence-corrected chi connectivity index (χ0v) is 10.7. The van der Waals surface area contributed by atoms with Crippen LogP contribution in [0, 0.1) is 11.3 Å². The lowest BCUT2D eigenvalue weighted by Gasteiger charge is -2.42. The monoisotopic (exact) mass is 225 g/mol. The number of hydrogen-bond acceptors (Lipinski definition) is 2. The fourth-order valence-electron chi connectivity index (χ4n) is 3.36. The molecule has 0 aromatic carbocycles. The van der Waals surface area contributed by atoms with E-state index in [2.05, 4.69) is 11.8 Å². The summed E-state index contributed by atoms with van der Waals surface area (Å²) in [7, 11) is 0. The largest absolute Gasteiger partial charge is 0.396 e. The van der Waals surface area contributed by atoms with E-state index in [1.54, 1.807) is 0 Å². The van der Waals surface area contributed by atoms with Crippen molar-refractivity contribution in [2.45, 2.75) is 51.9 Å². The third-order valence-electron chi connectivity index (χ3n) is 4.68. The average Bonchev–Trinajstić information content (AvgIpc) is 2.33. The summed E-state index contributed by atoms with van der Waals surface area (Å²) in [6.45, 7) is 6.42. The predicted molar refractivity (Wildman–Crippen MR) is 67.4 cm³/mol. The van der Waals surface area contributed by atoms with Gasteiger partial charge in [0.15, 0.2) is 0 Å². The second-order valence-electron chi connectivity index (χ2n) is 6.18. The van der Waals surface area contributed by atoms with Crippen LogP contribution < -0.4 is 0 Å². The van der Waals surface area contributed by atoms with Crippen molar-refractivity contribution >= 4 is 0 Å². The van der Waals surface area contributed by atoms with Gasteiger partial charge in [0, 0.05) is 18.6 Å². The molecule has 2 aliphatic rings. The summed E-state index contributed by atoms with van der Waals surface area (Å²) >= 11 is 0. The SMILES string of the molecule is CC1CCN(CC2(CO)CCCCC2)CC1. The molecule has 0 aromatic heterocycles. The van der Waals surface area contributed by atoms with Gasteiger partial charge in [0.1, 0.15) is 0 Å². The molecule has 1 N–H and O–H groups in total. The molecule has 2 nitrogen and oxygen atoms in total.